The van der Waals surface area contributed by atoms with Gasteiger partial charge in [-0.25, -0.2) is 4.98 Å². The van der Waals surface area contributed by atoms with Crippen molar-refractivity contribution in [2.24, 2.45) is 0 Å². The van der Waals surface area contributed by atoms with Crippen molar-refractivity contribution < 1.29 is 9.84 Å². The second-order valence-electron chi connectivity index (χ2n) is 5.90. The molecule has 0 spiro atoms. The Labute approximate surface area is 142 Å². The number of aliphatic hydroxyl groups is 1. The Kier molecular flexibility index (Phi) is 5.49. The first-order chi connectivity index (χ1) is 11.8. The smallest absolute Gasteiger partial charge is 0.138 e. The van der Waals surface area contributed by atoms with Crippen molar-refractivity contribution in [3.8, 4) is 5.75 Å². The van der Waals surface area contributed by atoms with E-state index in [0.29, 0.717) is 13.0 Å². The lowest BCUT2D eigenvalue weighted by Crippen LogP contribution is -2.09. The van der Waals surface area contributed by atoms with E-state index in [-0.39, 0.29) is 0 Å². The molecule has 3 rings (SSSR count). The monoisotopic (exact) mass is 324 g/mol. The van der Waals surface area contributed by atoms with Crippen LogP contribution in [0.5, 0.6) is 5.75 Å². The number of fused-ring (bicyclic) bond motifs is 1. The maximum atomic E-state index is 10.3. The molecule has 3 aromatic rings. The van der Waals surface area contributed by atoms with Crippen LogP contribution in [-0.4, -0.2) is 21.3 Å². The molecule has 0 radical (unpaired) electrons. The van der Waals surface area contributed by atoms with Gasteiger partial charge < -0.3 is 14.4 Å². The third-order valence-electron chi connectivity index (χ3n) is 4.16. The van der Waals surface area contributed by atoms with E-state index in [1.807, 2.05) is 55.5 Å². The number of aromatic nitrogens is 2. The SMILES string of the molecule is CCC(O)c1nc2ccccc2n1CCCCOc1ccccc1. The Morgan fingerprint density at radius 1 is 1.04 bits per heavy atom. The topological polar surface area (TPSA) is 47.3 Å². The third-order valence-corrected chi connectivity index (χ3v) is 4.16. The molecular formula is C20H24N2O2. The lowest BCUT2D eigenvalue weighted by Gasteiger charge is -2.13. The van der Waals surface area contributed by atoms with Gasteiger partial charge in [0.15, 0.2) is 0 Å². The van der Waals surface area contributed by atoms with Crippen LogP contribution < -0.4 is 4.74 Å². The van der Waals surface area contributed by atoms with Crippen LogP contribution in [0.2, 0.25) is 0 Å². The normalized spacial score (nSPS) is 12.4. The van der Waals surface area contributed by atoms with Crippen LogP contribution in [0.15, 0.2) is 54.6 Å². The number of unbranched alkanes of at least 4 members (excludes halogenated alkanes) is 1. The fourth-order valence-electron chi connectivity index (χ4n) is 2.84. The summed E-state index contributed by atoms with van der Waals surface area (Å²) in [6, 6.07) is 17.9. The average Bonchev–Trinajstić information content (AvgIpc) is 3.00. The molecule has 0 aliphatic carbocycles. The first kappa shape index (κ1) is 16.5. The average molecular weight is 324 g/mol. The van der Waals surface area contributed by atoms with Gasteiger partial charge >= 0.3 is 0 Å². The second kappa shape index (κ2) is 7.97. The van der Waals surface area contributed by atoms with Gasteiger partial charge in [0.25, 0.3) is 0 Å². The van der Waals surface area contributed by atoms with Crippen LogP contribution in [0.1, 0.15) is 38.1 Å². The Morgan fingerprint density at radius 3 is 2.58 bits per heavy atom. The summed E-state index contributed by atoms with van der Waals surface area (Å²) in [7, 11) is 0. The summed E-state index contributed by atoms with van der Waals surface area (Å²) < 4.78 is 7.88. The first-order valence-corrected chi connectivity index (χ1v) is 8.60. The summed E-state index contributed by atoms with van der Waals surface area (Å²) >= 11 is 0. The molecule has 1 atom stereocenters. The first-order valence-electron chi connectivity index (χ1n) is 8.60. The molecule has 0 bridgehead atoms. The van der Waals surface area contributed by atoms with Gasteiger partial charge in [-0.3, -0.25) is 0 Å². The molecule has 4 heteroatoms. The second-order valence-corrected chi connectivity index (χ2v) is 5.90. The molecule has 0 amide bonds. The standard InChI is InChI=1S/C20H24N2O2/c1-2-19(23)20-21-17-12-6-7-13-18(17)22(20)14-8-9-15-24-16-10-4-3-5-11-16/h3-7,10-13,19,23H,2,8-9,14-15H2,1H3. The molecule has 1 heterocycles. The molecular weight excluding hydrogens is 300 g/mol. The molecule has 126 valence electrons. The zero-order chi connectivity index (χ0) is 16.8. The molecule has 4 nitrogen and oxygen atoms in total. The Bertz CT molecular complexity index is 768. The van der Waals surface area contributed by atoms with Crippen molar-refractivity contribution >= 4 is 11.0 Å². The minimum atomic E-state index is -0.516. The van der Waals surface area contributed by atoms with E-state index in [1.54, 1.807) is 0 Å². The summed E-state index contributed by atoms with van der Waals surface area (Å²) in [6.45, 7) is 3.51. The number of rotatable bonds is 8. The quantitative estimate of drug-likeness (QED) is 0.627. The molecule has 1 N–H and O–H groups in total. The van der Waals surface area contributed by atoms with Crippen molar-refractivity contribution in [2.45, 2.75) is 38.8 Å². The van der Waals surface area contributed by atoms with Gasteiger partial charge in [-0.05, 0) is 43.5 Å². The molecule has 1 aromatic heterocycles. The van der Waals surface area contributed by atoms with Crippen LogP contribution in [0, 0.1) is 0 Å². The van der Waals surface area contributed by atoms with E-state index in [9.17, 15) is 5.11 Å². The van der Waals surface area contributed by atoms with Gasteiger partial charge in [0.1, 0.15) is 17.7 Å². The van der Waals surface area contributed by atoms with Crippen LogP contribution in [0.4, 0.5) is 0 Å². The van der Waals surface area contributed by atoms with Gasteiger partial charge in [0, 0.05) is 6.54 Å². The number of aliphatic hydroxyl groups excluding tert-OH is 1. The fraction of sp³-hybridized carbons (Fsp3) is 0.350. The molecule has 0 aliphatic heterocycles. The summed E-state index contributed by atoms with van der Waals surface area (Å²) in [6.07, 6.45) is 2.10. The van der Waals surface area contributed by atoms with Crippen LogP contribution >= 0.6 is 0 Å². The van der Waals surface area contributed by atoms with Crippen molar-refractivity contribution in [1.82, 2.24) is 9.55 Å². The number of para-hydroxylation sites is 3. The largest absolute Gasteiger partial charge is 0.494 e. The van der Waals surface area contributed by atoms with E-state index < -0.39 is 6.10 Å². The highest BCUT2D eigenvalue weighted by Gasteiger charge is 2.16. The molecule has 0 aliphatic rings. The number of aryl methyl sites for hydroxylation is 1. The summed E-state index contributed by atoms with van der Waals surface area (Å²) in [4.78, 5) is 4.61. The van der Waals surface area contributed by atoms with E-state index in [0.717, 1.165) is 42.0 Å². The van der Waals surface area contributed by atoms with Gasteiger partial charge in [0.05, 0.1) is 17.6 Å². The van der Waals surface area contributed by atoms with E-state index in [2.05, 4.69) is 15.6 Å². The Balaban J connectivity index is 1.62. The van der Waals surface area contributed by atoms with Crippen LogP contribution in [-0.2, 0) is 6.54 Å². The Morgan fingerprint density at radius 2 is 1.79 bits per heavy atom. The van der Waals surface area contributed by atoms with E-state index in [1.165, 1.54) is 0 Å². The fourth-order valence-corrected chi connectivity index (χ4v) is 2.84. The minimum Gasteiger partial charge on any atom is -0.494 e. The van der Waals surface area contributed by atoms with Crippen molar-refractivity contribution in [1.29, 1.82) is 0 Å². The van der Waals surface area contributed by atoms with Crippen molar-refractivity contribution in [3.05, 3.63) is 60.4 Å². The number of hydrogen-bond donors (Lipinski definition) is 1. The maximum absolute atomic E-state index is 10.3. The predicted octanol–water partition coefficient (Wildman–Crippen LogP) is 4.34. The number of nitrogens with zero attached hydrogens (tertiary/aromatic N) is 2. The zero-order valence-electron chi connectivity index (χ0n) is 14.1. The molecule has 0 saturated carbocycles. The zero-order valence-corrected chi connectivity index (χ0v) is 14.1. The minimum absolute atomic E-state index is 0.516. The highest BCUT2D eigenvalue weighted by atomic mass is 16.5. The van der Waals surface area contributed by atoms with Crippen molar-refractivity contribution in [2.75, 3.05) is 6.61 Å². The van der Waals surface area contributed by atoms with Crippen LogP contribution in [0.25, 0.3) is 11.0 Å². The molecule has 0 fully saturated rings. The third kappa shape index (κ3) is 3.77. The number of imidazole rings is 1. The highest BCUT2D eigenvalue weighted by Crippen LogP contribution is 2.23. The molecule has 2 aromatic carbocycles. The van der Waals surface area contributed by atoms with Gasteiger partial charge in [-0.1, -0.05) is 37.3 Å². The predicted molar refractivity (Wildman–Crippen MR) is 96.2 cm³/mol. The summed E-state index contributed by atoms with van der Waals surface area (Å²) in [5, 5.41) is 10.3. The summed E-state index contributed by atoms with van der Waals surface area (Å²) in [5.41, 5.74) is 2.03. The highest BCUT2D eigenvalue weighted by molar-refractivity contribution is 5.76. The number of ether oxygens (including phenoxy) is 1. The number of hydrogen-bond acceptors (Lipinski definition) is 3. The maximum Gasteiger partial charge on any atom is 0.138 e. The molecule has 0 saturated heterocycles. The van der Waals surface area contributed by atoms with Crippen LogP contribution in [0.3, 0.4) is 0 Å². The van der Waals surface area contributed by atoms with Crippen molar-refractivity contribution in [3.63, 3.8) is 0 Å². The molecule has 24 heavy (non-hydrogen) atoms. The van der Waals surface area contributed by atoms with Gasteiger partial charge in [-0.2, -0.15) is 0 Å². The van der Waals surface area contributed by atoms with Gasteiger partial charge in [0.2, 0.25) is 0 Å². The lowest BCUT2D eigenvalue weighted by molar-refractivity contribution is 0.159. The van der Waals surface area contributed by atoms with E-state index >= 15 is 0 Å². The molecule has 1 unspecified atom stereocenters. The van der Waals surface area contributed by atoms with Gasteiger partial charge in [-0.15, -0.1) is 0 Å². The number of benzene rings is 2. The van der Waals surface area contributed by atoms with E-state index in [4.69, 9.17) is 4.74 Å². The summed E-state index contributed by atoms with van der Waals surface area (Å²) in [5.74, 6) is 1.68. The Hall–Kier alpha value is -2.33. The lowest BCUT2D eigenvalue weighted by atomic mass is 10.2.